The Morgan fingerprint density at radius 2 is 2.17 bits per heavy atom. The van der Waals surface area contributed by atoms with Crippen LogP contribution in [0.2, 0.25) is 0 Å². The number of nitrogens with two attached hydrogens (primary N) is 1. The summed E-state index contributed by atoms with van der Waals surface area (Å²) in [5.74, 6) is -2.02. The van der Waals surface area contributed by atoms with Crippen molar-refractivity contribution >= 4 is 5.91 Å². The lowest BCUT2D eigenvalue weighted by Crippen LogP contribution is -2.36. The van der Waals surface area contributed by atoms with Crippen molar-refractivity contribution in [3.8, 4) is 5.69 Å². The van der Waals surface area contributed by atoms with Crippen LogP contribution in [0.3, 0.4) is 0 Å². The van der Waals surface area contributed by atoms with Crippen molar-refractivity contribution in [2.75, 3.05) is 0 Å². The molecule has 2 rings (SSSR count). The molecule has 3 N–H and O–H groups in total. The molecule has 1 amide bonds. The number of nitrogens with zero attached hydrogens (tertiary/aromatic N) is 2. The first-order valence-corrected chi connectivity index (χ1v) is 4.77. The zero-order valence-corrected chi connectivity index (χ0v) is 8.88. The second-order valence-corrected chi connectivity index (χ2v) is 3.34. The van der Waals surface area contributed by atoms with Gasteiger partial charge in [-0.3, -0.25) is 14.6 Å². The minimum atomic E-state index is -1.19. The Kier molecular flexibility index (Phi) is 2.76. The standard InChI is InChI=1S/C10H7FN4O3/c11-6-3-14-10(18)15(9(6)17)7-4-13-2-1-5(7)8(12)16/h1-4H,(H2,12,16)(H,14,18). The fraction of sp³-hybridized carbons (Fsp3) is 0. The summed E-state index contributed by atoms with van der Waals surface area (Å²) in [6.45, 7) is 0. The van der Waals surface area contributed by atoms with Crippen molar-refractivity contribution in [1.82, 2.24) is 14.5 Å². The molecule has 0 aliphatic carbocycles. The molecule has 0 saturated heterocycles. The molecule has 0 saturated carbocycles. The normalized spacial score (nSPS) is 10.3. The average Bonchev–Trinajstić information content (AvgIpc) is 2.35. The van der Waals surface area contributed by atoms with Gasteiger partial charge in [0, 0.05) is 12.4 Å². The maximum atomic E-state index is 13.1. The van der Waals surface area contributed by atoms with Crippen LogP contribution in [0.1, 0.15) is 10.4 Å². The molecule has 8 heteroatoms. The molecule has 2 heterocycles. The largest absolute Gasteiger partial charge is 0.366 e. The van der Waals surface area contributed by atoms with E-state index < -0.39 is 23.0 Å². The molecule has 0 spiro atoms. The molecular formula is C10H7FN4O3. The number of aromatic nitrogens is 3. The van der Waals surface area contributed by atoms with Gasteiger partial charge in [-0.25, -0.2) is 9.36 Å². The highest BCUT2D eigenvalue weighted by Gasteiger charge is 2.15. The van der Waals surface area contributed by atoms with E-state index in [0.717, 1.165) is 6.20 Å². The number of pyridine rings is 1. The van der Waals surface area contributed by atoms with Gasteiger partial charge in [0.15, 0.2) is 0 Å². The Hall–Kier alpha value is -2.77. The Morgan fingerprint density at radius 3 is 2.83 bits per heavy atom. The molecule has 0 unspecified atom stereocenters. The van der Waals surface area contributed by atoms with Crippen LogP contribution in [0.25, 0.3) is 5.69 Å². The summed E-state index contributed by atoms with van der Waals surface area (Å²) in [5.41, 5.74) is 2.75. The second-order valence-electron chi connectivity index (χ2n) is 3.34. The predicted octanol–water partition coefficient (Wildman–Crippen LogP) is -0.841. The van der Waals surface area contributed by atoms with Crippen molar-refractivity contribution in [1.29, 1.82) is 0 Å². The zero-order chi connectivity index (χ0) is 13.3. The quantitative estimate of drug-likeness (QED) is 0.723. The summed E-state index contributed by atoms with van der Waals surface area (Å²) >= 11 is 0. The fourth-order valence-corrected chi connectivity index (χ4v) is 1.44. The molecule has 0 radical (unpaired) electrons. The number of nitrogens with one attached hydrogen (secondary N) is 1. The number of carbonyl (C=O) groups excluding carboxylic acids is 1. The van der Waals surface area contributed by atoms with E-state index in [0.29, 0.717) is 10.8 Å². The lowest BCUT2D eigenvalue weighted by molar-refractivity contribution is 0.1000. The Morgan fingerprint density at radius 1 is 1.44 bits per heavy atom. The van der Waals surface area contributed by atoms with Crippen molar-refractivity contribution in [3.63, 3.8) is 0 Å². The highest BCUT2D eigenvalue weighted by atomic mass is 19.1. The average molecular weight is 250 g/mol. The van der Waals surface area contributed by atoms with Crippen LogP contribution >= 0.6 is 0 Å². The molecule has 18 heavy (non-hydrogen) atoms. The van der Waals surface area contributed by atoms with Gasteiger partial charge in [-0.2, -0.15) is 4.39 Å². The van der Waals surface area contributed by atoms with Gasteiger partial charge >= 0.3 is 5.69 Å². The van der Waals surface area contributed by atoms with Gasteiger partial charge in [0.25, 0.3) is 11.5 Å². The van der Waals surface area contributed by atoms with Gasteiger partial charge in [0.1, 0.15) is 0 Å². The van der Waals surface area contributed by atoms with Crippen LogP contribution in [0.5, 0.6) is 0 Å². The van der Waals surface area contributed by atoms with Crippen molar-refractivity contribution in [2.24, 2.45) is 5.73 Å². The van der Waals surface area contributed by atoms with E-state index in [1.165, 1.54) is 12.3 Å². The monoisotopic (exact) mass is 250 g/mol. The molecule has 0 aromatic carbocycles. The molecule has 0 fully saturated rings. The number of primary amides is 1. The summed E-state index contributed by atoms with van der Waals surface area (Å²) < 4.78 is 13.6. The number of hydrogen-bond donors (Lipinski definition) is 2. The van der Waals surface area contributed by atoms with Crippen LogP contribution in [0, 0.1) is 5.82 Å². The number of amides is 1. The maximum absolute atomic E-state index is 13.1. The minimum Gasteiger partial charge on any atom is -0.366 e. The molecule has 0 bridgehead atoms. The molecule has 0 atom stereocenters. The summed E-state index contributed by atoms with van der Waals surface area (Å²) in [5, 5.41) is 0. The van der Waals surface area contributed by atoms with Gasteiger partial charge < -0.3 is 10.7 Å². The van der Waals surface area contributed by atoms with Crippen LogP contribution in [-0.2, 0) is 0 Å². The van der Waals surface area contributed by atoms with E-state index in [1.54, 1.807) is 0 Å². The fourth-order valence-electron chi connectivity index (χ4n) is 1.44. The SMILES string of the molecule is NC(=O)c1ccncc1-n1c(=O)[nH]cc(F)c1=O. The van der Waals surface area contributed by atoms with E-state index in [4.69, 9.17) is 5.73 Å². The zero-order valence-electron chi connectivity index (χ0n) is 8.88. The first kappa shape index (κ1) is 11.7. The molecule has 0 aliphatic heterocycles. The molecule has 7 nitrogen and oxygen atoms in total. The highest BCUT2D eigenvalue weighted by Crippen LogP contribution is 2.08. The summed E-state index contributed by atoms with van der Waals surface area (Å²) in [6.07, 6.45) is 2.99. The third-order valence-corrected chi connectivity index (χ3v) is 2.24. The van der Waals surface area contributed by atoms with Crippen LogP contribution in [-0.4, -0.2) is 20.4 Å². The van der Waals surface area contributed by atoms with Gasteiger partial charge in [-0.15, -0.1) is 0 Å². The molecule has 92 valence electrons. The van der Waals surface area contributed by atoms with Gasteiger partial charge in [0.05, 0.1) is 17.4 Å². The molecule has 0 aliphatic rings. The van der Waals surface area contributed by atoms with Crippen LogP contribution in [0.15, 0.2) is 34.2 Å². The number of hydrogen-bond acceptors (Lipinski definition) is 4. The third kappa shape index (κ3) is 1.79. The second kappa shape index (κ2) is 4.24. The third-order valence-electron chi connectivity index (χ3n) is 2.24. The maximum Gasteiger partial charge on any atom is 0.333 e. The Bertz CT molecular complexity index is 734. The lowest BCUT2D eigenvalue weighted by atomic mass is 10.2. The summed E-state index contributed by atoms with van der Waals surface area (Å²) in [7, 11) is 0. The molecular weight excluding hydrogens is 243 g/mol. The summed E-state index contributed by atoms with van der Waals surface area (Å²) in [6, 6.07) is 1.23. The number of carbonyl (C=O) groups is 1. The van der Waals surface area contributed by atoms with Crippen LogP contribution in [0.4, 0.5) is 4.39 Å². The topological polar surface area (TPSA) is 111 Å². The predicted molar refractivity (Wildman–Crippen MR) is 58.9 cm³/mol. The van der Waals surface area contributed by atoms with Gasteiger partial charge in [-0.1, -0.05) is 0 Å². The van der Waals surface area contributed by atoms with Gasteiger partial charge in [-0.05, 0) is 6.07 Å². The van der Waals surface area contributed by atoms with E-state index in [2.05, 4.69) is 4.98 Å². The molecule has 2 aromatic heterocycles. The first-order valence-electron chi connectivity index (χ1n) is 4.77. The smallest absolute Gasteiger partial charge is 0.333 e. The van der Waals surface area contributed by atoms with Crippen molar-refractivity contribution in [2.45, 2.75) is 0 Å². The van der Waals surface area contributed by atoms with E-state index in [-0.39, 0.29) is 11.3 Å². The van der Waals surface area contributed by atoms with Crippen molar-refractivity contribution < 1.29 is 9.18 Å². The number of H-pyrrole nitrogens is 1. The lowest BCUT2D eigenvalue weighted by Gasteiger charge is -2.07. The number of rotatable bonds is 2. The van der Waals surface area contributed by atoms with Crippen molar-refractivity contribution in [3.05, 3.63) is 56.9 Å². The minimum absolute atomic E-state index is 0.108. The first-order chi connectivity index (χ1) is 8.52. The van der Waals surface area contributed by atoms with Gasteiger partial charge in [0.2, 0.25) is 5.82 Å². The van der Waals surface area contributed by atoms with E-state index >= 15 is 0 Å². The molecule has 2 aromatic rings. The van der Waals surface area contributed by atoms with Crippen LogP contribution < -0.4 is 17.0 Å². The number of halogens is 1. The van der Waals surface area contributed by atoms with E-state index in [1.807, 2.05) is 4.98 Å². The Balaban J connectivity index is 2.86. The number of aromatic amines is 1. The Labute approximate surface area is 98.7 Å². The van der Waals surface area contributed by atoms with E-state index in [9.17, 15) is 18.8 Å². The summed E-state index contributed by atoms with van der Waals surface area (Å²) in [4.78, 5) is 40.0. The highest BCUT2D eigenvalue weighted by molar-refractivity contribution is 5.96.